The molecule has 26 heavy (non-hydrogen) atoms. The van der Waals surface area contributed by atoms with Gasteiger partial charge in [-0.05, 0) is 30.0 Å². The van der Waals surface area contributed by atoms with E-state index < -0.39 is 0 Å². The van der Waals surface area contributed by atoms with Gasteiger partial charge >= 0.3 is 0 Å². The highest BCUT2D eigenvalue weighted by Gasteiger charge is 2.13. The fourth-order valence-corrected chi connectivity index (χ4v) is 3.73. The summed E-state index contributed by atoms with van der Waals surface area (Å²) in [4.78, 5) is 16.9. The summed E-state index contributed by atoms with van der Waals surface area (Å²) >= 11 is 1.51. The highest BCUT2D eigenvalue weighted by molar-refractivity contribution is 7.99. The quantitative estimate of drug-likeness (QED) is 0.609. The number of nitrogens with one attached hydrogen (secondary N) is 1. The van der Waals surface area contributed by atoms with Crippen LogP contribution in [0.3, 0.4) is 0 Å². The smallest absolute Gasteiger partial charge is 0.230 e. The molecule has 136 valence electrons. The molecule has 1 aromatic heterocycles. The van der Waals surface area contributed by atoms with Crippen LogP contribution in [0, 0.1) is 5.92 Å². The normalized spacial score (nSPS) is 11.2. The van der Waals surface area contributed by atoms with Crippen LogP contribution in [-0.4, -0.2) is 27.8 Å². The van der Waals surface area contributed by atoms with Crippen LogP contribution >= 0.6 is 11.8 Å². The van der Waals surface area contributed by atoms with Crippen LogP contribution in [0.4, 0.5) is 0 Å². The first kappa shape index (κ1) is 18.5. The Balaban J connectivity index is 1.57. The second-order valence-corrected chi connectivity index (χ2v) is 7.70. The van der Waals surface area contributed by atoms with E-state index in [1.807, 2.05) is 36.4 Å². The van der Waals surface area contributed by atoms with Crippen molar-refractivity contribution in [3.8, 4) is 0 Å². The predicted octanol–water partition coefficient (Wildman–Crippen LogP) is 4.14. The Morgan fingerprint density at radius 1 is 1.12 bits per heavy atom. The van der Waals surface area contributed by atoms with Gasteiger partial charge in [0.1, 0.15) is 0 Å². The first-order chi connectivity index (χ1) is 12.6. The molecule has 0 saturated heterocycles. The fraction of sp³-hybridized carbons (Fsp3) is 0.333. The van der Waals surface area contributed by atoms with Crippen molar-refractivity contribution in [2.75, 3.05) is 12.3 Å². The number of hydrogen-bond acceptors (Lipinski definition) is 3. The number of fused-ring (bicyclic) bond motifs is 1. The van der Waals surface area contributed by atoms with E-state index in [9.17, 15) is 4.79 Å². The van der Waals surface area contributed by atoms with Gasteiger partial charge in [-0.25, -0.2) is 4.98 Å². The molecule has 0 aliphatic heterocycles. The highest BCUT2D eigenvalue weighted by Crippen LogP contribution is 2.25. The topological polar surface area (TPSA) is 46.9 Å². The number of thioether (sulfide) groups is 1. The van der Waals surface area contributed by atoms with Gasteiger partial charge in [-0.2, -0.15) is 0 Å². The van der Waals surface area contributed by atoms with Gasteiger partial charge in [0, 0.05) is 13.1 Å². The molecule has 1 heterocycles. The molecule has 0 fully saturated rings. The van der Waals surface area contributed by atoms with Crippen LogP contribution in [-0.2, 0) is 17.8 Å². The van der Waals surface area contributed by atoms with E-state index in [-0.39, 0.29) is 5.91 Å². The summed E-state index contributed by atoms with van der Waals surface area (Å²) in [7, 11) is 0. The summed E-state index contributed by atoms with van der Waals surface area (Å²) in [6, 6.07) is 18.3. The third-order valence-corrected chi connectivity index (χ3v) is 5.05. The minimum absolute atomic E-state index is 0.0501. The molecular weight excluding hydrogens is 342 g/mol. The Morgan fingerprint density at radius 3 is 2.62 bits per heavy atom. The van der Waals surface area contributed by atoms with Gasteiger partial charge in [-0.1, -0.05) is 68.1 Å². The van der Waals surface area contributed by atoms with Crippen molar-refractivity contribution in [3.63, 3.8) is 0 Å². The number of para-hydroxylation sites is 2. The second kappa shape index (κ2) is 8.90. The number of rotatable bonds is 8. The number of carbonyl (C=O) groups excluding carboxylic acids is 1. The highest BCUT2D eigenvalue weighted by atomic mass is 32.2. The van der Waals surface area contributed by atoms with E-state index in [4.69, 9.17) is 4.98 Å². The maximum Gasteiger partial charge on any atom is 0.230 e. The molecule has 4 nitrogen and oxygen atoms in total. The van der Waals surface area contributed by atoms with Gasteiger partial charge in [0.25, 0.3) is 0 Å². The van der Waals surface area contributed by atoms with E-state index in [1.54, 1.807) is 0 Å². The molecule has 0 aliphatic rings. The summed E-state index contributed by atoms with van der Waals surface area (Å²) in [6.07, 6.45) is 0.850. The van der Waals surface area contributed by atoms with Crippen molar-refractivity contribution in [1.29, 1.82) is 0 Å². The molecule has 5 heteroatoms. The predicted molar refractivity (Wildman–Crippen MR) is 108 cm³/mol. The van der Waals surface area contributed by atoms with Gasteiger partial charge in [-0.15, -0.1) is 0 Å². The van der Waals surface area contributed by atoms with Crippen LogP contribution in [0.2, 0.25) is 0 Å². The number of nitrogens with zero attached hydrogens (tertiary/aromatic N) is 2. The maximum atomic E-state index is 12.2. The molecular formula is C21H25N3OS. The lowest BCUT2D eigenvalue weighted by Gasteiger charge is -2.11. The third kappa shape index (κ3) is 4.88. The molecule has 0 radical (unpaired) electrons. The van der Waals surface area contributed by atoms with Gasteiger partial charge in [0.2, 0.25) is 5.91 Å². The Hall–Kier alpha value is -2.27. The molecule has 0 spiro atoms. The molecule has 0 unspecified atom stereocenters. The van der Waals surface area contributed by atoms with E-state index in [1.165, 1.54) is 17.3 Å². The van der Waals surface area contributed by atoms with Crippen molar-refractivity contribution >= 4 is 28.7 Å². The van der Waals surface area contributed by atoms with E-state index in [2.05, 4.69) is 41.9 Å². The van der Waals surface area contributed by atoms with Crippen LogP contribution < -0.4 is 5.32 Å². The number of carbonyl (C=O) groups is 1. The minimum atomic E-state index is 0.0501. The molecule has 2 aromatic carbocycles. The summed E-state index contributed by atoms with van der Waals surface area (Å²) in [5.74, 6) is 0.955. The summed E-state index contributed by atoms with van der Waals surface area (Å²) in [5, 5.41) is 3.91. The molecule has 0 atom stereocenters. The molecule has 0 aliphatic carbocycles. The minimum Gasteiger partial charge on any atom is -0.355 e. The zero-order valence-corrected chi connectivity index (χ0v) is 16.1. The monoisotopic (exact) mass is 367 g/mol. The van der Waals surface area contributed by atoms with E-state index in [0.717, 1.165) is 29.2 Å². The van der Waals surface area contributed by atoms with Gasteiger partial charge in [0.15, 0.2) is 5.16 Å². The molecule has 3 rings (SSSR count). The van der Waals surface area contributed by atoms with Crippen LogP contribution in [0.15, 0.2) is 59.8 Å². The first-order valence-electron chi connectivity index (χ1n) is 9.02. The molecule has 1 amide bonds. The number of hydrogen-bond donors (Lipinski definition) is 1. The first-order valence-corrected chi connectivity index (χ1v) is 10.0. The summed E-state index contributed by atoms with van der Waals surface area (Å²) in [5.41, 5.74) is 3.35. The Morgan fingerprint density at radius 2 is 1.85 bits per heavy atom. The van der Waals surface area contributed by atoms with Crippen LogP contribution in [0.25, 0.3) is 11.0 Å². The second-order valence-electron chi connectivity index (χ2n) is 6.76. The van der Waals surface area contributed by atoms with Crippen molar-refractivity contribution < 1.29 is 4.79 Å². The Kier molecular flexibility index (Phi) is 6.34. The lowest BCUT2D eigenvalue weighted by Crippen LogP contribution is -2.27. The Bertz CT molecular complexity index is 858. The number of aromatic nitrogens is 2. The van der Waals surface area contributed by atoms with Crippen molar-refractivity contribution in [2.24, 2.45) is 5.92 Å². The van der Waals surface area contributed by atoms with E-state index in [0.29, 0.717) is 18.2 Å². The van der Waals surface area contributed by atoms with Crippen molar-refractivity contribution in [1.82, 2.24) is 14.9 Å². The average molecular weight is 368 g/mol. The zero-order valence-electron chi connectivity index (χ0n) is 15.3. The van der Waals surface area contributed by atoms with Gasteiger partial charge in [-0.3, -0.25) is 4.79 Å². The third-order valence-electron chi connectivity index (χ3n) is 4.08. The molecule has 0 saturated carbocycles. The van der Waals surface area contributed by atoms with E-state index >= 15 is 0 Å². The van der Waals surface area contributed by atoms with Crippen LogP contribution in [0.5, 0.6) is 0 Å². The molecule has 0 bridgehead atoms. The lowest BCUT2D eigenvalue weighted by atomic mass is 10.1. The largest absolute Gasteiger partial charge is 0.355 e. The number of amides is 1. The summed E-state index contributed by atoms with van der Waals surface area (Å²) < 4.78 is 2.22. The zero-order chi connectivity index (χ0) is 18.4. The maximum absolute atomic E-state index is 12.2. The lowest BCUT2D eigenvalue weighted by molar-refractivity contribution is -0.118. The number of imidazole rings is 1. The summed E-state index contributed by atoms with van der Waals surface area (Å²) in [6.45, 7) is 5.95. The van der Waals surface area contributed by atoms with Crippen LogP contribution in [0.1, 0.15) is 19.4 Å². The van der Waals surface area contributed by atoms with Gasteiger partial charge in [0.05, 0.1) is 16.8 Å². The molecule has 3 aromatic rings. The van der Waals surface area contributed by atoms with Gasteiger partial charge < -0.3 is 9.88 Å². The van der Waals surface area contributed by atoms with Crippen molar-refractivity contribution in [2.45, 2.75) is 32.0 Å². The van der Waals surface area contributed by atoms with Crippen molar-refractivity contribution in [3.05, 3.63) is 60.2 Å². The fourth-order valence-electron chi connectivity index (χ4n) is 2.88. The Labute approximate surface area is 159 Å². The SMILES string of the molecule is CC(C)Cn1c(SCC(=O)NCCc2ccccc2)nc2ccccc21. The molecule has 1 N–H and O–H groups in total. The standard InChI is InChI=1S/C21H25N3OS/c1-16(2)14-24-19-11-7-6-10-18(19)23-21(24)26-15-20(25)22-13-12-17-8-4-3-5-9-17/h3-11,16H,12-15H2,1-2H3,(H,22,25). The number of benzene rings is 2. The average Bonchev–Trinajstić information content (AvgIpc) is 2.98.